The van der Waals surface area contributed by atoms with E-state index in [4.69, 9.17) is 38.4 Å². The van der Waals surface area contributed by atoms with Gasteiger partial charge in [0.1, 0.15) is 10.8 Å². The fourth-order valence-corrected chi connectivity index (χ4v) is 2.72. The molecule has 0 aliphatic heterocycles. The molecule has 3 N–H and O–H groups in total. The number of nitrogens with two attached hydrogens (primary N) is 1. The zero-order valence-corrected chi connectivity index (χ0v) is 14.5. The number of methoxy groups -OCH3 is 2. The summed E-state index contributed by atoms with van der Waals surface area (Å²) in [6.45, 7) is 0. The highest BCUT2D eigenvalue weighted by Gasteiger charge is 2.16. The van der Waals surface area contributed by atoms with Gasteiger partial charge in [-0.05, 0) is 18.2 Å². The first-order valence-electron chi connectivity index (χ1n) is 6.77. The van der Waals surface area contributed by atoms with Crippen LogP contribution >= 0.6 is 23.2 Å². The molecule has 0 bridgehead atoms. The number of nitrogens with zero attached hydrogens (tertiary/aromatic N) is 1. The zero-order chi connectivity index (χ0) is 17.7. The Labute approximate surface area is 149 Å². The molecular formula is C16H15Cl2N3O3. The number of anilines is 1. The van der Waals surface area contributed by atoms with Crippen LogP contribution in [0.4, 0.5) is 5.69 Å². The maximum atomic E-state index is 12.0. The molecule has 0 fully saturated rings. The Morgan fingerprint density at radius 3 is 2.50 bits per heavy atom. The van der Waals surface area contributed by atoms with Gasteiger partial charge in [0, 0.05) is 11.3 Å². The fourth-order valence-electron chi connectivity index (χ4n) is 2.02. The van der Waals surface area contributed by atoms with Crippen LogP contribution < -0.4 is 20.6 Å². The maximum absolute atomic E-state index is 12.0. The lowest BCUT2D eigenvalue weighted by Gasteiger charge is -2.12. The smallest absolute Gasteiger partial charge is 0.273 e. The molecule has 0 radical (unpaired) electrons. The van der Waals surface area contributed by atoms with Crippen LogP contribution in [0.25, 0.3) is 0 Å². The van der Waals surface area contributed by atoms with Gasteiger partial charge in [0.25, 0.3) is 5.91 Å². The van der Waals surface area contributed by atoms with E-state index in [2.05, 4.69) is 10.5 Å². The van der Waals surface area contributed by atoms with Crippen molar-refractivity contribution in [2.45, 2.75) is 0 Å². The Balaban J connectivity index is 2.23. The van der Waals surface area contributed by atoms with Crippen LogP contribution in [0, 0.1) is 0 Å². The number of benzene rings is 2. The van der Waals surface area contributed by atoms with Crippen LogP contribution in [-0.2, 0) is 0 Å². The van der Waals surface area contributed by atoms with Gasteiger partial charge in [-0.15, -0.1) is 0 Å². The molecule has 0 unspecified atom stereocenters. The molecule has 0 atom stereocenters. The number of rotatable bonds is 5. The van der Waals surface area contributed by atoms with E-state index in [-0.39, 0.29) is 5.02 Å². The van der Waals surface area contributed by atoms with Crippen molar-refractivity contribution in [3.05, 3.63) is 51.5 Å². The number of halogens is 2. The van der Waals surface area contributed by atoms with Gasteiger partial charge in [-0.1, -0.05) is 35.3 Å². The van der Waals surface area contributed by atoms with Crippen molar-refractivity contribution < 1.29 is 14.3 Å². The topological polar surface area (TPSA) is 85.9 Å². The molecular weight excluding hydrogens is 353 g/mol. The molecule has 1 amide bonds. The van der Waals surface area contributed by atoms with E-state index in [9.17, 15) is 4.79 Å². The molecule has 2 aromatic carbocycles. The predicted octanol–water partition coefficient (Wildman–Crippen LogP) is 3.36. The van der Waals surface area contributed by atoms with Crippen molar-refractivity contribution in [1.82, 2.24) is 5.43 Å². The van der Waals surface area contributed by atoms with Crippen molar-refractivity contribution in [2.75, 3.05) is 20.0 Å². The standard InChI is InChI=1S/C16H15Cl2N3O3/c1-23-14-9(7-11(17)15(24-2)13(14)18)8-20-21-16(22)10-5-3-4-6-12(10)19/h3-8H,19H2,1-2H3,(H,21,22)/b20-8-. The number of carbonyl (C=O) groups excluding carboxylic acids is 1. The minimum atomic E-state index is -0.436. The summed E-state index contributed by atoms with van der Waals surface area (Å²) < 4.78 is 10.4. The second-order valence-electron chi connectivity index (χ2n) is 4.61. The van der Waals surface area contributed by atoms with Crippen LogP contribution in [0.3, 0.4) is 0 Å². The summed E-state index contributed by atoms with van der Waals surface area (Å²) in [5.74, 6) is 0.192. The number of hydrazone groups is 1. The lowest BCUT2D eigenvalue weighted by atomic mass is 10.2. The normalized spacial score (nSPS) is 10.7. The maximum Gasteiger partial charge on any atom is 0.273 e. The van der Waals surface area contributed by atoms with Gasteiger partial charge in [0.15, 0.2) is 5.75 Å². The van der Waals surface area contributed by atoms with Crippen molar-refractivity contribution in [3.8, 4) is 11.5 Å². The first-order valence-corrected chi connectivity index (χ1v) is 7.53. The van der Waals surface area contributed by atoms with Gasteiger partial charge in [0.05, 0.1) is 31.0 Å². The highest BCUT2D eigenvalue weighted by molar-refractivity contribution is 6.38. The number of hydrogen-bond acceptors (Lipinski definition) is 5. The van der Waals surface area contributed by atoms with Crippen molar-refractivity contribution in [2.24, 2.45) is 5.10 Å². The molecule has 8 heteroatoms. The second kappa shape index (κ2) is 7.90. The van der Waals surface area contributed by atoms with Gasteiger partial charge >= 0.3 is 0 Å². The average molecular weight is 368 g/mol. The zero-order valence-electron chi connectivity index (χ0n) is 13.0. The van der Waals surface area contributed by atoms with Crippen molar-refractivity contribution >= 4 is 41.0 Å². The van der Waals surface area contributed by atoms with E-state index in [1.807, 2.05) is 0 Å². The summed E-state index contributed by atoms with van der Waals surface area (Å²) in [7, 11) is 2.90. The number of carbonyl (C=O) groups is 1. The minimum Gasteiger partial charge on any atom is -0.494 e. The molecule has 24 heavy (non-hydrogen) atoms. The first-order chi connectivity index (χ1) is 11.5. The number of ether oxygens (including phenoxy) is 2. The fraction of sp³-hybridized carbons (Fsp3) is 0.125. The number of nitrogens with one attached hydrogen (secondary N) is 1. The molecule has 0 heterocycles. The Hall–Kier alpha value is -2.44. The molecule has 126 valence electrons. The van der Waals surface area contributed by atoms with E-state index in [1.165, 1.54) is 20.4 Å². The average Bonchev–Trinajstić information content (AvgIpc) is 2.55. The first kappa shape index (κ1) is 17.9. The van der Waals surface area contributed by atoms with Crippen LogP contribution in [0.5, 0.6) is 11.5 Å². The number of nitrogen functional groups attached to an aromatic ring is 1. The molecule has 2 aromatic rings. The minimum absolute atomic E-state index is 0.215. The van der Waals surface area contributed by atoms with E-state index >= 15 is 0 Å². The quantitative estimate of drug-likeness (QED) is 0.481. The van der Waals surface area contributed by atoms with Gasteiger partial charge < -0.3 is 15.2 Å². The number of hydrogen-bond donors (Lipinski definition) is 2. The Kier molecular flexibility index (Phi) is 5.89. The largest absolute Gasteiger partial charge is 0.494 e. The SMILES string of the molecule is COc1c(Cl)cc(/C=N\NC(=O)c2ccccc2N)c(OC)c1Cl. The molecule has 0 spiro atoms. The Bertz CT molecular complexity index is 794. The lowest BCUT2D eigenvalue weighted by Crippen LogP contribution is -2.19. The molecule has 6 nitrogen and oxygen atoms in total. The summed E-state index contributed by atoms with van der Waals surface area (Å²) in [6.07, 6.45) is 1.37. The van der Waals surface area contributed by atoms with Gasteiger partial charge in [-0.25, -0.2) is 5.43 Å². The molecule has 0 aliphatic carbocycles. The number of amides is 1. The second-order valence-corrected chi connectivity index (χ2v) is 5.40. The van der Waals surface area contributed by atoms with Crippen molar-refractivity contribution in [3.63, 3.8) is 0 Å². The highest BCUT2D eigenvalue weighted by atomic mass is 35.5. The lowest BCUT2D eigenvalue weighted by molar-refractivity contribution is 0.0956. The van der Waals surface area contributed by atoms with Gasteiger partial charge in [0.2, 0.25) is 0 Å². The van der Waals surface area contributed by atoms with Crippen LogP contribution in [0.1, 0.15) is 15.9 Å². The monoisotopic (exact) mass is 367 g/mol. The van der Waals surface area contributed by atoms with Gasteiger partial charge in [-0.3, -0.25) is 4.79 Å². The highest BCUT2D eigenvalue weighted by Crippen LogP contribution is 2.41. The molecule has 0 saturated carbocycles. The third-order valence-corrected chi connectivity index (χ3v) is 3.77. The Morgan fingerprint density at radius 1 is 1.21 bits per heavy atom. The predicted molar refractivity (Wildman–Crippen MR) is 95.5 cm³/mol. The summed E-state index contributed by atoms with van der Waals surface area (Å²) >= 11 is 12.3. The summed E-state index contributed by atoms with van der Waals surface area (Å²) in [5, 5.41) is 4.40. The molecule has 0 aromatic heterocycles. The summed E-state index contributed by atoms with van der Waals surface area (Å²) in [6, 6.07) is 8.24. The van der Waals surface area contributed by atoms with Crippen LogP contribution in [0.2, 0.25) is 10.0 Å². The van der Waals surface area contributed by atoms with Crippen LogP contribution in [0.15, 0.2) is 35.4 Å². The van der Waals surface area contributed by atoms with E-state index in [0.717, 1.165) is 0 Å². The third kappa shape index (κ3) is 3.72. The van der Waals surface area contributed by atoms with E-state index in [0.29, 0.717) is 33.3 Å². The van der Waals surface area contributed by atoms with Crippen LogP contribution in [-0.4, -0.2) is 26.3 Å². The van der Waals surface area contributed by atoms with Crippen molar-refractivity contribution in [1.29, 1.82) is 0 Å². The Morgan fingerprint density at radius 2 is 1.88 bits per heavy atom. The molecule has 0 saturated heterocycles. The molecule has 2 rings (SSSR count). The van der Waals surface area contributed by atoms with E-state index < -0.39 is 5.91 Å². The summed E-state index contributed by atoms with van der Waals surface area (Å²) in [5.41, 5.74) is 9.29. The van der Waals surface area contributed by atoms with Gasteiger partial charge in [-0.2, -0.15) is 5.10 Å². The summed E-state index contributed by atoms with van der Waals surface area (Å²) in [4.78, 5) is 12.0. The third-order valence-electron chi connectivity index (χ3n) is 3.14. The molecule has 0 aliphatic rings. The van der Waals surface area contributed by atoms with E-state index in [1.54, 1.807) is 30.3 Å². The number of para-hydroxylation sites is 1.